The summed E-state index contributed by atoms with van der Waals surface area (Å²) in [6.07, 6.45) is 0. The zero-order chi connectivity index (χ0) is 20.0. The predicted molar refractivity (Wildman–Crippen MR) is 101 cm³/mol. The van der Waals surface area contributed by atoms with Gasteiger partial charge < -0.3 is 18.9 Å². The Kier molecular flexibility index (Phi) is 4.17. The summed E-state index contributed by atoms with van der Waals surface area (Å²) in [4.78, 5) is 42.4. The van der Waals surface area contributed by atoms with E-state index >= 15 is 0 Å². The third-order valence-electron chi connectivity index (χ3n) is 4.85. The molecule has 0 saturated carbocycles. The standard InChI is InChI=1S/C18H19N5O5/c1-20-15-14(16(25)21(2)18(20)26)23-9-8-22(17(23)19-15)11-4-6-12(7-5-11)28-10-13(24)27-3/h4-7H,8-10H2,1-3H3. The number of nitrogens with zero attached hydrogens (tertiary/aromatic N) is 5. The molecule has 10 nitrogen and oxygen atoms in total. The molecule has 2 aromatic heterocycles. The number of benzene rings is 1. The normalized spacial score (nSPS) is 13.0. The Morgan fingerprint density at radius 1 is 1.11 bits per heavy atom. The quantitative estimate of drug-likeness (QED) is 0.589. The number of methoxy groups -OCH3 is 1. The van der Waals surface area contributed by atoms with Gasteiger partial charge in [-0.15, -0.1) is 0 Å². The Bertz CT molecular complexity index is 1190. The molecular formula is C18H19N5O5. The van der Waals surface area contributed by atoms with E-state index in [1.165, 1.54) is 18.7 Å². The van der Waals surface area contributed by atoms with Gasteiger partial charge in [-0.1, -0.05) is 0 Å². The number of hydrogen-bond acceptors (Lipinski definition) is 7. The van der Waals surface area contributed by atoms with Crippen molar-refractivity contribution in [3.8, 4) is 5.75 Å². The maximum Gasteiger partial charge on any atom is 0.343 e. The summed E-state index contributed by atoms with van der Waals surface area (Å²) >= 11 is 0. The minimum Gasteiger partial charge on any atom is -0.482 e. The molecular weight excluding hydrogens is 366 g/mol. The average molecular weight is 385 g/mol. The van der Waals surface area contributed by atoms with Crippen LogP contribution in [-0.4, -0.2) is 44.9 Å². The van der Waals surface area contributed by atoms with Crippen LogP contribution in [0.15, 0.2) is 33.9 Å². The number of imidazole rings is 1. The molecule has 0 spiro atoms. The third-order valence-corrected chi connectivity index (χ3v) is 4.85. The molecule has 0 unspecified atom stereocenters. The number of esters is 1. The van der Waals surface area contributed by atoms with E-state index in [0.717, 1.165) is 10.3 Å². The molecule has 10 heteroatoms. The lowest BCUT2D eigenvalue weighted by Crippen LogP contribution is -2.37. The third kappa shape index (κ3) is 2.65. The van der Waals surface area contributed by atoms with Gasteiger partial charge in [-0.2, -0.15) is 4.98 Å². The summed E-state index contributed by atoms with van der Waals surface area (Å²) in [7, 11) is 4.37. The van der Waals surface area contributed by atoms with Gasteiger partial charge in [0.2, 0.25) is 5.95 Å². The summed E-state index contributed by atoms with van der Waals surface area (Å²) in [5.74, 6) is 0.694. The van der Waals surface area contributed by atoms with Crippen molar-refractivity contribution in [3.05, 3.63) is 45.1 Å². The zero-order valence-electron chi connectivity index (χ0n) is 15.7. The molecule has 0 atom stereocenters. The molecule has 0 saturated heterocycles. The van der Waals surface area contributed by atoms with Gasteiger partial charge in [0.25, 0.3) is 5.56 Å². The summed E-state index contributed by atoms with van der Waals surface area (Å²) in [6.45, 7) is 1.07. The molecule has 3 heterocycles. The van der Waals surface area contributed by atoms with Crippen LogP contribution in [0.2, 0.25) is 0 Å². The van der Waals surface area contributed by atoms with Gasteiger partial charge in [0.1, 0.15) is 5.75 Å². The molecule has 28 heavy (non-hydrogen) atoms. The number of ether oxygens (including phenoxy) is 2. The van der Waals surface area contributed by atoms with Gasteiger partial charge in [0.05, 0.1) is 7.11 Å². The van der Waals surface area contributed by atoms with Crippen molar-refractivity contribution in [2.24, 2.45) is 14.1 Å². The summed E-state index contributed by atoms with van der Waals surface area (Å²) in [6, 6.07) is 7.19. The minimum absolute atomic E-state index is 0.160. The highest BCUT2D eigenvalue weighted by atomic mass is 16.6. The molecule has 3 aromatic rings. The van der Waals surface area contributed by atoms with Crippen LogP contribution in [0, 0.1) is 0 Å². The Morgan fingerprint density at radius 3 is 2.50 bits per heavy atom. The number of fused-ring (bicyclic) bond motifs is 3. The molecule has 0 fully saturated rings. The van der Waals surface area contributed by atoms with Crippen molar-refractivity contribution in [3.63, 3.8) is 0 Å². The highest BCUT2D eigenvalue weighted by Gasteiger charge is 2.28. The first-order valence-corrected chi connectivity index (χ1v) is 8.66. The van der Waals surface area contributed by atoms with Gasteiger partial charge in [0, 0.05) is 32.9 Å². The van der Waals surface area contributed by atoms with E-state index in [9.17, 15) is 14.4 Å². The number of rotatable bonds is 4. The van der Waals surface area contributed by atoms with Crippen molar-refractivity contribution < 1.29 is 14.3 Å². The summed E-state index contributed by atoms with van der Waals surface area (Å²) in [5.41, 5.74) is 0.880. The maximum absolute atomic E-state index is 12.6. The van der Waals surface area contributed by atoms with E-state index in [2.05, 4.69) is 9.72 Å². The van der Waals surface area contributed by atoms with Crippen molar-refractivity contribution >= 4 is 28.8 Å². The zero-order valence-corrected chi connectivity index (χ0v) is 15.7. The van der Waals surface area contributed by atoms with Gasteiger partial charge in [0.15, 0.2) is 17.8 Å². The highest BCUT2D eigenvalue weighted by Crippen LogP contribution is 2.32. The molecule has 146 valence electrons. The lowest BCUT2D eigenvalue weighted by Gasteiger charge is -2.16. The second-order valence-electron chi connectivity index (χ2n) is 6.45. The van der Waals surface area contributed by atoms with Crippen molar-refractivity contribution in [2.45, 2.75) is 6.54 Å². The van der Waals surface area contributed by atoms with E-state index in [4.69, 9.17) is 4.74 Å². The smallest absolute Gasteiger partial charge is 0.343 e. The van der Waals surface area contributed by atoms with Crippen LogP contribution in [0.1, 0.15) is 0 Å². The SMILES string of the molecule is COC(=O)COc1ccc(N2CCn3c2nc2c3c(=O)n(C)c(=O)n2C)cc1. The molecule has 1 aliphatic rings. The number of aryl methyl sites for hydroxylation is 1. The first-order chi connectivity index (χ1) is 13.4. The fraction of sp³-hybridized carbons (Fsp3) is 0.333. The molecule has 0 N–H and O–H groups in total. The highest BCUT2D eigenvalue weighted by molar-refractivity contribution is 5.77. The van der Waals surface area contributed by atoms with Gasteiger partial charge in [-0.3, -0.25) is 13.9 Å². The molecule has 0 radical (unpaired) electrons. The first-order valence-electron chi connectivity index (χ1n) is 8.66. The summed E-state index contributed by atoms with van der Waals surface area (Å²) in [5, 5.41) is 0. The number of carbonyl (C=O) groups excluding carboxylic acids is 1. The number of carbonyl (C=O) groups is 1. The van der Waals surface area contributed by atoms with Crippen molar-refractivity contribution in [2.75, 3.05) is 25.2 Å². The van der Waals surface area contributed by atoms with Crippen LogP contribution in [-0.2, 0) is 30.2 Å². The van der Waals surface area contributed by atoms with Crippen LogP contribution < -0.4 is 20.9 Å². The lowest BCUT2D eigenvalue weighted by atomic mass is 10.3. The Balaban J connectivity index is 1.69. The Hall–Kier alpha value is -3.56. The van der Waals surface area contributed by atoms with Crippen molar-refractivity contribution in [1.29, 1.82) is 0 Å². The van der Waals surface area contributed by atoms with Crippen molar-refractivity contribution in [1.82, 2.24) is 18.7 Å². The second-order valence-corrected chi connectivity index (χ2v) is 6.45. The molecule has 1 aromatic carbocycles. The molecule has 0 amide bonds. The fourth-order valence-corrected chi connectivity index (χ4v) is 3.32. The maximum atomic E-state index is 12.6. The van der Waals surface area contributed by atoms with Crippen LogP contribution in [0.3, 0.4) is 0 Å². The number of anilines is 2. The van der Waals surface area contributed by atoms with Gasteiger partial charge in [-0.25, -0.2) is 9.59 Å². The summed E-state index contributed by atoms with van der Waals surface area (Å²) < 4.78 is 14.2. The molecule has 4 rings (SSSR count). The minimum atomic E-state index is -0.454. The topological polar surface area (TPSA) is 101 Å². The predicted octanol–water partition coefficient (Wildman–Crippen LogP) is 0.137. The Labute approximate surface area is 159 Å². The average Bonchev–Trinajstić information content (AvgIpc) is 3.28. The van der Waals surface area contributed by atoms with E-state index in [1.54, 1.807) is 19.2 Å². The van der Waals surface area contributed by atoms with Gasteiger partial charge >= 0.3 is 11.7 Å². The lowest BCUT2D eigenvalue weighted by molar-refractivity contribution is -0.142. The van der Waals surface area contributed by atoms with E-state index in [-0.39, 0.29) is 12.2 Å². The Morgan fingerprint density at radius 2 is 1.82 bits per heavy atom. The largest absolute Gasteiger partial charge is 0.482 e. The second kappa shape index (κ2) is 6.55. The number of hydrogen-bond donors (Lipinski definition) is 0. The van der Waals surface area contributed by atoms with Crippen LogP contribution in [0.5, 0.6) is 5.75 Å². The van der Waals surface area contributed by atoms with Crippen LogP contribution in [0.4, 0.5) is 11.6 Å². The van der Waals surface area contributed by atoms with E-state index in [1.807, 2.05) is 21.6 Å². The van der Waals surface area contributed by atoms with Gasteiger partial charge in [-0.05, 0) is 24.3 Å². The molecule has 0 aliphatic carbocycles. The molecule has 1 aliphatic heterocycles. The number of aromatic nitrogens is 4. The molecule has 0 bridgehead atoms. The van der Waals surface area contributed by atoms with E-state index in [0.29, 0.717) is 36.0 Å². The first kappa shape index (κ1) is 17.8. The van der Waals surface area contributed by atoms with Crippen LogP contribution >= 0.6 is 0 Å². The monoisotopic (exact) mass is 385 g/mol. The van der Waals surface area contributed by atoms with E-state index < -0.39 is 11.7 Å². The fourth-order valence-electron chi connectivity index (χ4n) is 3.32. The van der Waals surface area contributed by atoms with Crippen LogP contribution in [0.25, 0.3) is 11.2 Å².